The highest BCUT2D eigenvalue weighted by Gasteiger charge is 2.13. The fourth-order valence-electron chi connectivity index (χ4n) is 0.904. The molecular formula is C8H7ClINO2S. The van der Waals surface area contributed by atoms with Crippen LogP contribution in [0.2, 0.25) is 0 Å². The quantitative estimate of drug-likeness (QED) is 0.276. The van der Waals surface area contributed by atoms with E-state index in [2.05, 4.69) is 22.6 Å². The molecule has 0 saturated carbocycles. The van der Waals surface area contributed by atoms with Crippen molar-refractivity contribution in [3.63, 3.8) is 0 Å². The SMILES string of the molecule is O=[N+]([O-])c1cc(I)ccc1SCCCl. The van der Waals surface area contributed by atoms with Crippen LogP contribution in [0.25, 0.3) is 0 Å². The molecule has 0 aliphatic rings. The molecule has 6 heteroatoms. The number of nitro groups is 1. The van der Waals surface area contributed by atoms with Gasteiger partial charge in [0.15, 0.2) is 0 Å². The van der Waals surface area contributed by atoms with Crippen LogP contribution < -0.4 is 0 Å². The van der Waals surface area contributed by atoms with E-state index in [1.54, 1.807) is 12.1 Å². The lowest BCUT2D eigenvalue weighted by Crippen LogP contribution is -1.92. The van der Waals surface area contributed by atoms with Crippen molar-refractivity contribution in [2.75, 3.05) is 11.6 Å². The molecule has 0 spiro atoms. The molecule has 0 unspecified atom stereocenters. The Morgan fingerprint density at radius 2 is 2.29 bits per heavy atom. The summed E-state index contributed by atoms with van der Waals surface area (Å²) in [6, 6.07) is 5.18. The fraction of sp³-hybridized carbons (Fsp3) is 0.250. The van der Waals surface area contributed by atoms with Crippen molar-refractivity contribution < 1.29 is 4.92 Å². The first-order chi connectivity index (χ1) is 6.65. The van der Waals surface area contributed by atoms with E-state index in [0.717, 1.165) is 3.57 Å². The second kappa shape index (κ2) is 5.77. The molecular weight excluding hydrogens is 337 g/mol. The Balaban J connectivity index is 2.96. The lowest BCUT2D eigenvalue weighted by molar-refractivity contribution is -0.387. The molecule has 0 atom stereocenters. The zero-order valence-electron chi connectivity index (χ0n) is 7.07. The van der Waals surface area contributed by atoms with Gasteiger partial charge in [0, 0.05) is 21.3 Å². The third-order valence-electron chi connectivity index (χ3n) is 1.45. The minimum atomic E-state index is -0.362. The van der Waals surface area contributed by atoms with E-state index in [-0.39, 0.29) is 10.6 Å². The molecule has 0 radical (unpaired) electrons. The van der Waals surface area contributed by atoms with Gasteiger partial charge in [0.2, 0.25) is 0 Å². The molecule has 0 aliphatic carbocycles. The number of thioether (sulfide) groups is 1. The molecule has 0 fully saturated rings. The molecule has 3 nitrogen and oxygen atoms in total. The Labute approximate surface area is 105 Å². The number of benzene rings is 1. The molecule has 0 amide bonds. The van der Waals surface area contributed by atoms with Gasteiger partial charge in [-0.2, -0.15) is 0 Å². The molecule has 0 saturated heterocycles. The van der Waals surface area contributed by atoms with E-state index >= 15 is 0 Å². The third-order valence-corrected chi connectivity index (χ3v) is 3.60. The van der Waals surface area contributed by atoms with Gasteiger partial charge in [-0.15, -0.1) is 23.4 Å². The van der Waals surface area contributed by atoms with Gasteiger partial charge in [-0.3, -0.25) is 10.1 Å². The topological polar surface area (TPSA) is 43.1 Å². The fourth-order valence-corrected chi connectivity index (χ4v) is 2.35. The molecule has 0 aromatic heterocycles. The number of nitrogens with zero attached hydrogens (tertiary/aromatic N) is 1. The maximum absolute atomic E-state index is 10.7. The smallest absolute Gasteiger partial charge is 0.258 e. The molecule has 0 N–H and O–H groups in total. The number of alkyl halides is 1. The van der Waals surface area contributed by atoms with Crippen LogP contribution in [0, 0.1) is 13.7 Å². The number of hydrogen-bond acceptors (Lipinski definition) is 3. The zero-order chi connectivity index (χ0) is 10.6. The molecule has 0 heterocycles. The highest BCUT2D eigenvalue weighted by Crippen LogP contribution is 2.30. The number of rotatable bonds is 4. The molecule has 76 valence electrons. The van der Waals surface area contributed by atoms with Gasteiger partial charge in [-0.05, 0) is 34.7 Å². The van der Waals surface area contributed by atoms with Crippen LogP contribution in [0.3, 0.4) is 0 Å². The summed E-state index contributed by atoms with van der Waals surface area (Å²) in [6.07, 6.45) is 0. The van der Waals surface area contributed by atoms with Gasteiger partial charge >= 0.3 is 0 Å². The van der Waals surface area contributed by atoms with Crippen LogP contribution in [0.4, 0.5) is 5.69 Å². The summed E-state index contributed by atoms with van der Waals surface area (Å²) in [5.41, 5.74) is 0.159. The normalized spacial score (nSPS) is 10.1. The summed E-state index contributed by atoms with van der Waals surface area (Å²) in [5.74, 6) is 1.18. The standard InChI is InChI=1S/C8H7ClINO2S/c9-3-4-14-8-2-1-6(10)5-7(8)11(12)13/h1-2,5H,3-4H2. The predicted molar refractivity (Wildman–Crippen MR) is 67.3 cm³/mol. The average molecular weight is 344 g/mol. The average Bonchev–Trinajstić information content (AvgIpc) is 2.15. The summed E-state index contributed by atoms with van der Waals surface area (Å²) in [6.45, 7) is 0. The van der Waals surface area contributed by atoms with E-state index in [0.29, 0.717) is 16.5 Å². The number of nitro benzene ring substituents is 1. The summed E-state index contributed by atoms with van der Waals surface area (Å²) in [7, 11) is 0. The van der Waals surface area contributed by atoms with Crippen molar-refractivity contribution in [1.29, 1.82) is 0 Å². The highest BCUT2D eigenvalue weighted by molar-refractivity contribution is 14.1. The first kappa shape index (κ1) is 12.1. The van der Waals surface area contributed by atoms with Crippen molar-refractivity contribution >= 4 is 51.6 Å². The number of halogens is 2. The maximum atomic E-state index is 10.7. The Morgan fingerprint density at radius 3 is 2.86 bits per heavy atom. The van der Waals surface area contributed by atoms with E-state index < -0.39 is 0 Å². The monoisotopic (exact) mass is 343 g/mol. The highest BCUT2D eigenvalue weighted by atomic mass is 127. The Bertz CT molecular complexity index is 348. The largest absolute Gasteiger partial charge is 0.283 e. The third kappa shape index (κ3) is 3.29. The molecule has 0 aliphatic heterocycles. The summed E-state index contributed by atoms with van der Waals surface area (Å²) in [4.78, 5) is 11.0. The van der Waals surface area contributed by atoms with Crippen molar-refractivity contribution in [2.24, 2.45) is 0 Å². The second-order valence-corrected chi connectivity index (χ2v) is 5.17. The predicted octanol–water partition coefficient (Wildman–Crippen LogP) is 3.53. The van der Waals surface area contributed by atoms with E-state index in [1.165, 1.54) is 11.8 Å². The zero-order valence-corrected chi connectivity index (χ0v) is 10.8. The lowest BCUT2D eigenvalue weighted by atomic mass is 10.3. The molecule has 1 rings (SSSR count). The summed E-state index contributed by atoms with van der Waals surface area (Å²) in [5, 5.41) is 10.7. The molecule has 14 heavy (non-hydrogen) atoms. The van der Waals surface area contributed by atoms with Crippen molar-refractivity contribution in [3.8, 4) is 0 Å². The van der Waals surface area contributed by atoms with Crippen LogP contribution >= 0.6 is 46.0 Å². The second-order valence-electron chi connectivity index (χ2n) is 2.41. The minimum Gasteiger partial charge on any atom is -0.258 e. The van der Waals surface area contributed by atoms with Crippen molar-refractivity contribution in [1.82, 2.24) is 0 Å². The van der Waals surface area contributed by atoms with Gasteiger partial charge in [-0.1, -0.05) is 0 Å². The van der Waals surface area contributed by atoms with E-state index in [1.807, 2.05) is 6.07 Å². The first-order valence-corrected chi connectivity index (χ1v) is 6.37. The molecule has 0 bridgehead atoms. The molecule has 1 aromatic rings. The Kier molecular flexibility index (Phi) is 4.97. The van der Waals surface area contributed by atoms with Gasteiger partial charge < -0.3 is 0 Å². The van der Waals surface area contributed by atoms with Crippen LogP contribution in [0.1, 0.15) is 0 Å². The lowest BCUT2D eigenvalue weighted by Gasteiger charge is -2.01. The Hall–Kier alpha value is -0.0100. The van der Waals surface area contributed by atoms with Crippen molar-refractivity contribution in [2.45, 2.75) is 4.90 Å². The van der Waals surface area contributed by atoms with Gasteiger partial charge in [0.1, 0.15) is 0 Å². The number of hydrogen-bond donors (Lipinski definition) is 0. The minimum absolute atomic E-state index is 0.159. The van der Waals surface area contributed by atoms with Gasteiger partial charge in [-0.25, -0.2) is 0 Å². The molecule has 1 aromatic carbocycles. The first-order valence-electron chi connectivity index (χ1n) is 3.78. The van der Waals surface area contributed by atoms with E-state index in [9.17, 15) is 10.1 Å². The van der Waals surface area contributed by atoms with Crippen LogP contribution in [0.15, 0.2) is 23.1 Å². The summed E-state index contributed by atoms with van der Waals surface area (Å²) >= 11 is 8.98. The van der Waals surface area contributed by atoms with E-state index in [4.69, 9.17) is 11.6 Å². The van der Waals surface area contributed by atoms with Crippen LogP contribution in [0.5, 0.6) is 0 Å². The van der Waals surface area contributed by atoms with Crippen LogP contribution in [-0.4, -0.2) is 16.6 Å². The Morgan fingerprint density at radius 1 is 1.57 bits per heavy atom. The van der Waals surface area contributed by atoms with Crippen LogP contribution in [-0.2, 0) is 0 Å². The maximum Gasteiger partial charge on any atom is 0.283 e. The van der Waals surface area contributed by atoms with Gasteiger partial charge in [0.05, 0.1) is 9.82 Å². The van der Waals surface area contributed by atoms with Crippen molar-refractivity contribution in [3.05, 3.63) is 31.9 Å². The van der Waals surface area contributed by atoms with Gasteiger partial charge in [0.25, 0.3) is 5.69 Å². The summed E-state index contributed by atoms with van der Waals surface area (Å²) < 4.78 is 0.865.